The van der Waals surface area contributed by atoms with Gasteiger partial charge in [0.25, 0.3) is 0 Å². The summed E-state index contributed by atoms with van der Waals surface area (Å²) in [4.78, 5) is 40.3. The fourth-order valence-electron chi connectivity index (χ4n) is 5.12. The molecule has 0 bridgehead atoms. The van der Waals surface area contributed by atoms with Crippen molar-refractivity contribution >= 4 is 57.8 Å². The summed E-state index contributed by atoms with van der Waals surface area (Å²) in [5.74, 6) is 1.21. The van der Waals surface area contributed by atoms with Crippen LogP contribution in [-0.2, 0) is 9.53 Å². The number of amides is 3. The van der Waals surface area contributed by atoms with Gasteiger partial charge in [-0.1, -0.05) is 29.8 Å². The molecule has 4 N–H and O–H groups in total. The van der Waals surface area contributed by atoms with Crippen molar-refractivity contribution in [3.8, 4) is 22.8 Å². The third-order valence-electron chi connectivity index (χ3n) is 7.31. The van der Waals surface area contributed by atoms with E-state index < -0.39 is 6.04 Å². The molecule has 1 unspecified atom stereocenters. The number of carbonyl (C=O) groups excluding carboxylic acids is 2. The standard InChI is InChI=1S/C28H32Cl2N8O5/c1-5-21(39)34-17-11-38(28(40)31-2)12-18(17)36-27-32-10-14-8-16(22-23(29)19(41-3)9-20(42-4)24(22)30)35-26(25(14)37-27)33-15-6-7-43-13-15/h5,8-10,15,17-18H,1,6-7,11-13H2,2-4H3,(H,31,40)(H,33,35)(H,34,39)(H,32,36,37)/t15?,17-,18+/m0/s1. The van der Waals surface area contributed by atoms with E-state index in [0.717, 1.165) is 6.42 Å². The van der Waals surface area contributed by atoms with Crippen molar-refractivity contribution in [1.29, 1.82) is 0 Å². The van der Waals surface area contributed by atoms with Crippen molar-refractivity contribution < 1.29 is 23.8 Å². The lowest BCUT2D eigenvalue weighted by Gasteiger charge is -2.21. The number of aromatic nitrogens is 3. The molecular formula is C28H32Cl2N8O5. The predicted octanol–water partition coefficient (Wildman–Crippen LogP) is 3.32. The van der Waals surface area contributed by atoms with Gasteiger partial charge in [-0.15, -0.1) is 0 Å². The van der Waals surface area contributed by atoms with Gasteiger partial charge in [-0.25, -0.2) is 19.7 Å². The highest BCUT2D eigenvalue weighted by molar-refractivity contribution is 6.41. The number of rotatable bonds is 9. The Labute approximate surface area is 258 Å². The first-order chi connectivity index (χ1) is 20.8. The summed E-state index contributed by atoms with van der Waals surface area (Å²) < 4.78 is 16.5. The Morgan fingerprint density at radius 1 is 1.09 bits per heavy atom. The molecule has 0 spiro atoms. The largest absolute Gasteiger partial charge is 0.495 e. The number of hydrogen-bond donors (Lipinski definition) is 4. The number of likely N-dealkylation sites (tertiary alicyclic amines) is 1. The molecule has 228 valence electrons. The number of fused-ring (bicyclic) bond motifs is 1. The van der Waals surface area contributed by atoms with Crippen molar-refractivity contribution in [2.75, 3.05) is 58.2 Å². The van der Waals surface area contributed by atoms with Gasteiger partial charge in [-0.3, -0.25) is 4.79 Å². The SMILES string of the molecule is C=CC(=O)N[C@H]1CN(C(=O)NC)C[C@H]1Nc1ncc2cc(-c3c(Cl)c(OC)cc(OC)c3Cl)nc(NC3CCOC3)c2n1. The first-order valence-corrected chi connectivity index (χ1v) is 14.3. The number of benzene rings is 1. The highest BCUT2D eigenvalue weighted by Crippen LogP contribution is 2.46. The van der Waals surface area contributed by atoms with Crippen LogP contribution in [0.25, 0.3) is 22.2 Å². The summed E-state index contributed by atoms with van der Waals surface area (Å²) in [6.07, 6.45) is 3.64. The van der Waals surface area contributed by atoms with Crippen LogP contribution in [0.3, 0.4) is 0 Å². The second-order valence-corrected chi connectivity index (χ2v) is 10.8. The highest BCUT2D eigenvalue weighted by atomic mass is 35.5. The van der Waals surface area contributed by atoms with Crippen molar-refractivity contribution in [2.45, 2.75) is 24.5 Å². The number of methoxy groups -OCH3 is 2. The van der Waals surface area contributed by atoms with Crippen molar-refractivity contribution in [2.24, 2.45) is 0 Å². The topological polar surface area (TPSA) is 152 Å². The van der Waals surface area contributed by atoms with Gasteiger partial charge >= 0.3 is 6.03 Å². The summed E-state index contributed by atoms with van der Waals surface area (Å²) >= 11 is 13.4. The molecule has 2 aliphatic rings. The van der Waals surface area contributed by atoms with Gasteiger partial charge in [0.2, 0.25) is 11.9 Å². The van der Waals surface area contributed by atoms with E-state index >= 15 is 0 Å². The van der Waals surface area contributed by atoms with Crippen LogP contribution in [0, 0.1) is 0 Å². The van der Waals surface area contributed by atoms with E-state index in [4.69, 9.17) is 47.4 Å². The van der Waals surface area contributed by atoms with Crippen molar-refractivity contribution in [1.82, 2.24) is 30.5 Å². The first-order valence-electron chi connectivity index (χ1n) is 13.5. The fourth-order valence-corrected chi connectivity index (χ4v) is 5.81. The predicted molar refractivity (Wildman–Crippen MR) is 164 cm³/mol. The number of hydrogen-bond acceptors (Lipinski definition) is 10. The van der Waals surface area contributed by atoms with Gasteiger partial charge in [-0.05, 0) is 18.6 Å². The summed E-state index contributed by atoms with van der Waals surface area (Å²) in [5, 5.41) is 13.5. The minimum atomic E-state index is -0.400. The van der Waals surface area contributed by atoms with E-state index in [-0.39, 0.29) is 34.1 Å². The van der Waals surface area contributed by atoms with Crippen LogP contribution in [0.1, 0.15) is 6.42 Å². The molecule has 4 heterocycles. The van der Waals surface area contributed by atoms with Crippen LogP contribution in [0.15, 0.2) is 31.0 Å². The van der Waals surface area contributed by atoms with Gasteiger partial charge in [0.1, 0.15) is 17.0 Å². The van der Waals surface area contributed by atoms with E-state index in [0.29, 0.717) is 71.7 Å². The smallest absolute Gasteiger partial charge is 0.317 e. The van der Waals surface area contributed by atoms with Crippen LogP contribution < -0.4 is 30.7 Å². The van der Waals surface area contributed by atoms with E-state index in [1.165, 1.54) is 20.3 Å². The Bertz CT molecular complexity index is 1520. The lowest BCUT2D eigenvalue weighted by Crippen LogP contribution is -2.45. The maximum atomic E-state index is 12.3. The average molecular weight is 632 g/mol. The van der Waals surface area contributed by atoms with Crippen molar-refractivity contribution in [3.63, 3.8) is 0 Å². The zero-order valence-corrected chi connectivity index (χ0v) is 25.4. The summed E-state index contributed by atoms with van der Waals surface area (Å²) in [6, 6.07) is 2.39. The molecule has 0 radical (unpaired) electrons. The van der Waals surface area contributed by atoms with Crippen LogP contribution in [0.4, 0.5) is 16.6 Å². The summed E-state index contributed by atoms with van der Waals surface area (Å²) in [7, 11) is 4.57. The molecule has 15 heteroatoms. The third-order valence-corrected chi connectivity index (χ3v) is 8.07. The van der Waals surface area contributed by atoms with E-state index in [1.54, 1.807) is 30.3 Å². The number of pyridine rings is 1. The molecule has 3 amide bonds. The van der Waals surface area contributed by atoms with Gasteiger partial charge < -0.3 is 40.4 Å². The number of ether oxygens (including phenoxy) is 3. The minimum Gasteiger partial charge on any atom is -0.495 e. The summed E-state index contributed by atoms with van der Waals surface area (Å²) in [5.41, 5.74) is 1.45. The van der Waals surface area contributed by atoms with Gasteiger partial charge in [0.05, 0.1) is 54.7 Å². The van der Waals surface area contributed by atoms with Crippen LogP contribution in [0.2, 0.25) is 10.0 Å². The first kappa shape index (κ1) is 30.4. The zero-order valence-electron chi connectivity index (χ0n) is 23.9. The Kier molecular flexibility index (Phi) is 9.23. The normalized spacial score (nSPS) is 19.7. The van der Waals surface area contributed by atoms with Crippen LogP contribution in [0.5, 0.6) is 11.5 Å². The molecule has 3 aromatic rings. The molecule has 2 aromatic heterocycles. The van der Waals surface area contributed by atoms with E-state index in [1.807, 2.05) is 0 Å². The molecule has 2 saturated heterocycles. The second-order valence-electron chi connectivity index (χ2n) is 10.0. The lowest BCUT2D eigenvalue weighted by molar-refractivity contribution is -0.117. The number of urea groups is 1. The van der Waals surface area contributed by atoms with E-state index in [2.05, 4.69) is 32.8 Å². The number of halogens is 2. The molecule has 2 aliphatic heterocycles. The number of carbonyl (C=O) groups is 2. The van der Waals surface area contributed by atoms with Crippen LogP contribution >= 0.6 is 23.2 Å². The fraction of sp³-hybridized carbons (Fsp3) is 0.393. The molecule has 1 aromatic carbocycles. The maximum Gasteiger partial charge on any atom is 0.317 e. The molecular weight excluding hydrogens is 599 g/mol. The molecule has 0 aliphatic carbocycles. The second kappa shape index (κ2) is 13.1. The van der Waals surface area contributed by atoms with Gasteiger partial charge in [0.15, 0.2) is 5.82 Å². The minimum absolute atomic E-state index is 0.0116. The molecule has 5 rings (SSSR count). The van der Waals surface area contributed by atoms with Gasteiger partial charge in [-0.2, -0.15) is 0 Å². The lowest BCUT2D eigenvalue weighted by atomic mass is 10.1. The number of anilines is 2. The van der Waals surface area contributed by atoms with E-state index in [9.17, 15) is 9.59 Å². The van der Waals surface area contributed by atoms with Gasteiger partial charge in [0, 0.05) is 50.0 Å². The molecule has 13 nitrogen and oxygen atoms in total. The Balaban J connectivity index is 1.55. The molecule has 0 saturated carbocycles. The Morgan fingerprint density at radius 2 is 1.81 bits per heavy atom. The zero-order chi connectivity index (χ0) is 30.7. The Hall–Kier alpha value is -4.07. The highest BCUT2D eigenvalue weighted by Gasteiger charge is 2.36. The average Bonchev–Trinajstić information content (AvgIpc) is 3.67. The van der Waals surface area contributed by atoms with Crippen LogP contribution in [-0.4, -0.2) is 97.5 Å². The maximum absolute atomic E-state index is 12.3. The molecule has 43 heavy (non-hydrogen) atoms. The Morgan fingerprint density at radius 3 is 2.44 bits per heavy atom. The molecule has 3 atom stereocenters. The molecule has 2 fully saturated rings. The quantitative estimate of drug-likeness (QED) is 0.259. The van der Waals surface area contributed by atoms with Crippen molar-refractivity contribution in [3.05, 3.63) is 41.0 Å². The third kappa shape index (κ3) is 6.33. The number of nitrogens with zero attached hydrogens (tertiary/aromatic N) is 4. The number of nitrogens with one attached hydrogen (secondary N) is 4. The monoisotopic (exact) mass is 630 g/mol. The summed E-state index contributed by atoms with van der Waals surface area (Å²) in [6.45, 7) is 5.29.